The summed E-state index contributed by atoms with van der Waals surface area (Å²) in [6.07, 6.45) is -9.18. The van der Waals surface area contributed by atoms with Gasteiger partial charge in [-0.25, -0.2) is 4.57 Å². The molecule has 0 heterocycles. The second kappa shape index (κ2) is 8.81. The highest BCUT2D eigenvalue weighted by atomic mass is 31.2. The first-order valence-corrected chi connectivity index (χ1v) is 8.88. The summed E-state index contributed by atoms with van der Waals surface area (Å²) in [5.74, 6) is -0.551. The van der Waals surface area contributed by atoms with E-state index in [2.05, 4.69) is 4.52 Å². The molecule has 1 fully saturated rings. The van der Waals surface area contributed by atoms with E-state index < -0.39 is 56.5 Å². The van der Waals surface area contributed by atoms with E-state index in [0.29, 0.717) is 0 Å². The SMILES string of the molecule is C/C=C/[C@H](O)[C@@H](C)COP(=O)(O)OC1C(O)C(O)C(O)C(O)C1O. The van der Waals surface area contributed by atoms with Gasteiger partial charge in [-0.1, -0.05) is 19.1 Å². The van der Waals surface area contributed by atoms with Crippen molar-refractivity contribution in [2.75, 3.05) is 6.61 Å². The number of aliphatic hydroxyl groups excluding tert-OH is 6. The molecule has 0 bridgehead atoms. The molecule has 11 heteroatoms. The molecule has 0 aliphatic heterocycles. The standard InChI is InChI=1S/C13H25O10P/c1-3-4-7(14)6(2)5-22-24(20,21)23-13-11(18)9(16)8(15)10(17)12(13)19/h3-4,6-19H,5H2,1-2H3,(H,20,21)/b4-3+/t6-,7-,8?,9?,10?,11?,12?,13?/m0/s1. The number of phosphoric ester groups is 1. The fourth-order valence-corrected chi connectivity index (χ4v) is 3.24. The first-order valence-electron chi connectivity index (χ1n) is 7.38. The topological polar surface area (TPSA) is 177 Å². The molecule has 1 rings (SSSR count). The third-order valence-electron chi connectivity index (χ3n) is 3.80. The Morgan fingerprint density at radius 1 is 1.04 bits per heavy atom. The Morgan fingerprint density at radius 3 is 1.96 bits per heavy atom. The van der Waals surface area contributed by atoms with E-state index in [4.69, 9.17) is 4.52 Å². The Bertz CT molecular complexity index is 456. The summed E-state index contributed by atoms with van der Waals surface area (Å²) in [5.41, 5.74) is 0. The van der Waals surface area contributed by atoms with Crippen LogP contribution in [0.3, 0.4) is 0 Å². The Labute approximate surface area is 139 Å². The van der Waals surface area contributed by atoms with Crippen LogP contribution in [0.25, 0.3) is 0 Å². The summed E-state index contributed by atoms with van der Waals surface area (Å²) in [6.45, 7) is 2.87. The van der Waals surface area contributed by atoms with E-state index >= 15 is 0 Å². The highest BCUT2D eigenvalue weighted by Crippen LogP contribution is 2.47. The highest BCUT2D eigenvalue weighted by Gasteiger charge is 2.51. The molecule has 0 aromatic heterocycles. The number of hydrogen-bond donors (Lipinski definition) is 7. The van der Waals surface area contributed by atoms with Gasteiger partial charge in [-0.15, -0.1) is 0 Å². The van der Waals surface area contributed by atoms with E-state index in [1.54, 1.807) is 19.9 Å². The molecule has 24 heavy (non-hydrogen) atoms. The Morgan fingerprint density at radius 2 is 1.50 bits per heavy atom. The summed E-state index contributed by atoms with van der Waals surface area (Å²) >= 11 is 0. The molecule has 5 unspecified atom stereocenters. The molecule has 0 aromatic rings. The van der Waals surface area contributed by atoms with Gasteiger partial charge in [-0.2, -0.15) is 0 Å². The van der Waals surface area contributed by atoms with Crippen molar-refractivity contribution in [3.05, 3.63) is 12.2 Å². The van der Waals surface area contributed by atoms with Gasteiger partial charge in [0.2, 0.25) is 0 Å². The van der Waals surface area contributed by atoms with E-state index in [0.717, 1.165) is 0 Å². The molecule has 7 atom stereocenters. The fourth-order valence-electron chi connectivity index (χ4n) is 2.20. The van der Waals surface area contributed by atoms with Gasteiger partial charge in [0, 0.05) is 5.92 Å². The van der Waals surface area contributed by atoms with E-state index in [1.807, 2.05) is 0 Å². The maximum atomic E-state index is 11.9. The van der Waals surface area contributed by atoms with E-state index in [-0.39, 0.29) is 6.61 Å². The lowest BCUT2D eigenvalue weighted by Crippen LogP contribution is -2.64. The molecular weight excluding hydrogens is 347 g/mol. The lowest BCUT2D eigenvalue weighted by Gasteiger charge is -2.41. The maximum Gasteiger partial charge on any atom is 0.472 e. The van der Waals surface area contributed by atoms with Crippen LogP contribution < -0.4 is 0 Å². The van der Waals surface area contributed by atoms with E-state index in [9.17, 15) is 40.1 Å². The van der Waals surface area contributed by atoms with Gasteiger partial charge in [-0.05, 0) is 6.92 Å². The lowest BCUT2D eigenvalue weighted by molar-refractivity contribution is -0.220. The van der Waals surface area contributed by atoms with Crippen molar-refractivity contribution >= 4 is 7.82 Å². The number of aliphatic hydroxyl groups is 6. The smallest absolute Gasteiger partial charge is 0.389 e. The van der Waals surface area contributed by atoms with Gasteiger partial charge in [0.15, 0.2) is 0 Å². The maximum absolute atomic E-state index is 11.9. The number of phosphoric acid groups is 1. The zero-order valence-electron chi connectivity index (χ0n) is 13.3. The van der Waals surface area contributed by atoms with Gasteiger partial charge < -0.3 is 35.5 Å². The van der Waals surface area contributed by atoms with Crippen LogP contribution in [0.2, 0.25) is 0 Å². The van der Waals surface area contributed by atoms with Crippen molar-refractivity contribution in [2.24, 2.45) is 5.92 Å². The molecule has 0 saturated heterocycles. The van der Waals surface area contributed by atoms with Crippen molar-refractivity contribution < 1.29 is 49.1 Å². The molecule has 142 valence electrons. The quantitative estimate of drug-likeness (QED) is 0.193. The normalized spacial score (nSPS) is 39.5. The minimum absolute atomic E-state index is 0.369. The molecule has 1 saturated carbocycles. The predicted octanol–water partition coefficient (Wildman–Crippen LogP) is -2.12. The lowest BCUT2D eigenvalue weighted by atomic mass is 9.85. The zero-order valence-corrected chi connectivity index (χ0v) is 14.2. The van der Waals surface area contributed by atoms with Crippen LogP contribution in [0.4, 0.5) is 0 Å². The van der Waals surface area contributed by atoms with Gasteiger partial charge in [0.05, 0.1) is 12.7 Å². The summed E-state index contributed by atoms with van der Waals surface area (Å²) in [5, 5.41) is 57.7. The summed E-state index contributed by atoms with van der Waals surface area (Å²) in [6, 6.07) is 0. The van der Waals surface area contributed by atoms with Crippen LogP contribution in [0.15, 0.2) is 12.2 Å². The Balaban J connectivity index is 2.70. The number of rotatable bonds is 7. The monoisotopic (exact) mass is 372 g/mol. The molecule has 1 aliphatic carbocycles. The molecule has 1 aliphatic rings. The second-order valence-electron chi connectivity index (χ2n) is 5.78. The minimum Gasteiger partial charge on any atom is -0.389 e. The Kier molecular flexibility index (Phi) is 7.95. The van der Waals surface area contributed by atoms with Crippen LogP contribution in [0.5, 0.6) is 0 Å². The van der Waals surface area contributed by atoms with Crippen LogP contribution >= 0.6 is 7.82 Å². The van der Waals surface area contributed by atoms with Crippen LogP contribution in [-0.2, 0) is 13.6 Å². The van der Waals surface area contributed by atoms with Gasteiger partial charge in [0.25, 0.3) is 0 Å². The van der Waals surface area contributed by atoms with Crippen molar-refractivity contribution in [3.8, 4) is 0 Å². The molecule has 0 radical (unpaired) electrons. The van der Waals surface area contributed by atoms with Crippen LogP contribution in [-0.4, -0.2) is 84.9 Å². The fraction of sp³-hybridized carbons (Fsp3) is 0.846. The highest BCUT2D eigenvalue weighted by molar-refractivity contribution is 7.47. The summed E-state index contributed by atoms with van der Waals surface area (Å²) in [4.78, 5) is 9.66. The average Bonchev–Trinajstić information content (AvgIpc) is 2.53. The number of hydrogen-bond acceptors (Lipinski definition) is 9. The third-order valence-corrected chi connectivity index (χ3v) is 4.79. The molecule has 0 amide bonds. The van der Waals surface area contributed by atoms with Crippen molar-refractivity contribution in [1.29, 1.82) is 0 Å². The molecule has 7 N–H and O–H groups in total. The third kappa shape index (κ3) is 5.30. The first kappa shape index (κ1) is 21.7. The van der Waals surface area contributed by atoms with Gasteiger partial charge in [-0.3, -0.25) is 9.05 Å². The number of allylic oxidation sites excluding steroid dienone is 1. The van der Waals surface area contributed by atoms with E-state index in [1.165, 1.54) is 6.08 Å². The molecule has 0 aromatic carbocycles. The van der Waals surface area contributed by atoms with Crippen LogP contribution in [0.1, 0.15) is 13.8 Å². The molecular formula is C13H25O10P. The van der Waals surface area contributed by atoms with Crippen LogP contribution in [0, 0.1) is 5.92 Å². The van der Waals surface area contributed by atoms with Crippen molar-refractivity contribution in [3.63, 3.8) is 0 Å². The van der Waals surface area contributed by atoms with Crippen molar-refractivity contribution in [1.82, 2.24) is 0 Å². The zero-order chi connectivity index (χ0) is 18.7. The van der Waals surface area contributed by atoms with Gasteiger partial charge in [0.1, 0.15) is 36.6 Å². The summed E-state index contributed by atoms with van der Waals surface area (Å²) < 4.78 is 21.3. The Hall–Kier alpha value is -0.390. The van der Waals surface area contributed by atoms with Crippen molar-refractivity contribution in [2.45, 2.75) is 56.6 Å². The van der Waals surface area contributed by atoms with Gasteiger partial charge >= 0.3 is 7.82 Å². The molecule has 0 spiro atoms. The largest absolute Gasteiger partial charge is 0.472 e. The average molecular weight is 372 g/mol. The second-order valence-corrected chi connectivity index (χ2v) is 7.19. The molecule has 10 nitrogen and oxygen atoms in total. The first-order chi connectivity index (χ1) is 11.0. The predicted molar refractivity (Wildman–Crippen MR) is 80.7 cm³/mol. The summed E-state index contributed by atoms with van der Waals surface area (Å²) in [7, 11) is -4.78. The minimum atomic E-state index is -4.78.